The molecule has 0 bridgehead atoms. The summed E-state index contributed by atoms with van der Waals surface area (Å²) in [6.45, 7) is 5.72. The highest BCUT2D eigenvalue weighted by atomic mass is 16.6. The van der Waals surface area contributed by atoms with Crippen LogP contribution in [0.4, 0.5) is 0 Å². The maximum Gasteiger partial charge on any atom is 0.309 e. The Labute approximate surface area is 134 Å². The summed E-state index contributed by atoms with van der Waals surface area (Å²) in [7, 11) is 0. The van der Waals surface area contributed by atoms with Gasteiger partial charge in [0.2, 0.25) is 0 Å². The van der Waals surface area contributed by atoms with Crippen LogP contribution in [-0.4, -0.2) is 24.1 Å². The number of ether oxygens (including phenoxy) is 2. The Morgan fingerprint density at radius 2 is 1.86 bits per heavy atom. The van der Waals surface area contributed by atoms with Gasteiger partial charge in [-0.05, 0) is 25.7 Å². The first-order valence-electron chi connectivity index (χ1n) is 8.85. The van der Waals surface area contributed by atoms with Crippen LogP contribution < -0.4 is 0 Å². The van der Waals surface area contributed by atoms with E-state index in [1.807, 2.05) is 6.92 Å². The van der Waals surface area contributed by atoms with Crippen molar-refractivity contribution < 1.29 is 19.1 Å². The predicted octanol–water partition coefficient (Wildman–Crippen LogP) is 4.40. The molecule has 0 aromatic heterocycles. The molecule has 1 aliphatic heterocycles. The molecule has 0 amide bonds. The van der Waals surface area contributed by atoms with Gasteiger partial charge in [-0.25, -0.2) is 0 Å². The van der Waals surface area contributed by atoms with Crippen molar-refractivity contribution in [2.24, 2.45) is 5.92 Å². The Morgan fingerprint density at radius 3 is 2.45 bits per heavy atom. The summed E-state index contributed by atoms with van der Waals surface area (Å²) in [5.74, 6) is -0.505. The molecule has 1 unspecified atom stereocenters. The molecule has 1 aliphatic rings. The second-order valence-corrected chi connectivity index (χ2v) is 6.70. The molecular formula is C18H32O4. The largest absolute Gasteiger partial charge is 0.462 e. The van der Waals surface area contributed by atoms with Gasteiger partial charge in [-0.1, -0.05) is 52.4 Å². The van der Waals surface area contributed by atoms with Gasteiger partial charge in [-0.3, -0.25) is 9.59 Å². The summed E-state index contributed by atoms with van der Waals surface area (Å²) < 4.78 is 10.8. The van der Waals surface area contributed by atoms with Gasteiger partial charge in [0, 0.05) is 6.92 Å². The molecular weight excluding hydrogens is 280 g/mol. The van der Waals surface area contributed by atoms with Gasteiger partial charge in [0.25, 0.3) is 0 Å². The Hall–Kier alpha value is -1.06. The van der Waals surface area contributed by atoms with Gasteiger partial charge in [0.1, 0.15) is 12.2 Å². The molecule has 1 heterocycles. The molecule has 0 spiro atoms. The molecule has 128 valence electrons. The molecule has 0 aliphatic carbocycles. The van der Waals surface area contributed by atoms with Gasteiger partial charge < -0.3 is 9.47 Å². The topological polar surface area (TPSA) is 52.6 Å². The molecule has 22 heavy (non-hydrogen) atoms. The summed E-state index contributed by atoms with van der Waals surface area (Å²) >= 11 is 0. The van der Waals surface area contributed by atoms with Crippen molar-refractivity contribution in [3.63, 3.8) is 0 Å². The lowest BCUT2D eigenvalue weighted by molar-refractivity contribution is -0.186. The van der Waals surface area contributed by atoms with E-state index in [1.54, 1.807) is 0 Å². The minimum atomic E-state index is -0.585. The van der Waals surface area contributed by atoms with Crippen LogP contribution in [0.2, 0.25) is 0 Å². The van der Waals surface area contributed by atoms with Gasteiger partial charge in [-0.2, -0.15) is 0 Å². The zero-order valence-electron chi connectivity index (χ0n) is 14.5. The maximum absolute atomic E-state index is 11.9. The summed E-state index contributed by atoms with van der Waals surface area (Å²) in [5, 5.41) is 0. The zero-order chi connectivity index (χ0) is 16.4. The molecule has 0 aromatic rings. The van der Waals surface area contributed by atoms with Gasteiger partial charge in [0.05, 0.1) is 5.92 Å². The summed E-state index contributed by atoms with van der Waals surface area (Å²) in [4.78, 5) is 23.0. The van der Waals surface area contributed by atoms with Crippen molar-refractivity contribution in [2.45, 2.75) is 90.6 Å². The lowest BCUT2D eigenvalue weighted by Gasteiger charge is -2.38. The van der Waals surface area contributed by atoms with Crippen molar-refractivity contribution in [1.82, 2.24) is 0 Å². The Balaban J connectivity index is 2.38. The number of hydrogen-bond donors (Lipinski definition) is 0. The molecule has 0 aromatic carbocycles. The molecule has 1 saturated heterocycles. The van der Waals surface area contributed by atoms with Crippen LogP contribution in [-0.2, 0) is 19.1 Å². The van der Waals surface area contributed by atoms with Crippen LogP contribution in [0, 0.1) is 5.92 Å². The second kappa shape index (κ2) is 9.86. The third-order valence-corrected chi connectivity index (χ3v) is 4.53. The first-order valence-corrected chi connectivity index (χ1v) is 8.85. The van der Waals surface area contributed by atoms with Crippen LogP contribution in [0.15, 0.2) is 0 Å². The van der Waals surface area contributed by atoms with E-state index in [1.165, 1.54) is 39.0 Å². The van der Waals surface area contributed by atoms with E-state index < -0.39 is 5.60 Å². The molecule has 0 radical (unpaired) electrons. The zero-order valence-corrected chi connectivity index (χ0v) is 14.5. The molecule has 0 saturated carbocycles. The molecule has 4 heteroatoms. The highest BCUT2D eigenvalue weighted by Crippen LogP contribution is 2.34. The van der Waals surface area contributed by atoms with E-state index in [2.05, 4.69) is 6.92 Å². The number of cyclic esters (lactones) is 1. The lowest BCUT2D eigenvalue weighted by atomic mass is 9.85. The van der Waals surface area contributed by atoms with Crippen molar-refractivity contribution in [3.8, 4) is 0 Å². The van der Waals surface area contributed by atoms with Gasteiger partial charge in [0.15, 0.2) is 0 Å². The smallest absolute Gasteiger partial charge is 0.309 e. The SMILES string of the molecule is CCCCCCCCC[C@@]1(COC(C)=O)CCC(C)C(=O)O1. The fourth-order valence-corrected chi connectivity index (χ4v) is 2.95. The maximum atomic E-state index is 11.9. The van der Waals surface area contributed by atoms with Crippen LogP contribution in [0.5, 0.6) is 0 Å². The Kier molecular flexibility index (Phi) is 8.51. The summed E-state index contributed by atoms with van der Waals surface area (Å²) in [6.07, 6.45) is 11.0. The average molecular weight is 312 g/mol. The van der Waals surface area contributed by atoms with Crippen LogP contribution in [0.25, 0.3) is 0 Å². The standard InChI is InChI=1S/C18H32O4/c1-4-5-6-7-8-9-10-12-18(14-21-16(3)19)13-11-15(2)17(20)22-18/h15H,4-14H2,1-3H3/t15?,18-/m0/s1. The predicted molar refractivity (Wildman–Crippen MR) is 86.5 cm³/mol. The monoisotopic (exact) mass is 312 g/mol. The fraction of sp³-hybridized carbons (Fsp3) is 0.889. The minimum absolute atomic E-state index is 0.0421. The third-order valence-electron chi connectivity index (χ3n) is 4.53. The van der Waals surface area contributed by atoms with Crippen molar-refractivity contribution in [3.05, 3.63) is 0 Å². The number of esters is 2. The third kappa shape index (κ3) is 6.80. The summed E-state index contributed by atoms with van der Waals surface area (Å²) in [5.41, 5.74) is -0.585. The minimum Gasteiger partial charge on any atom is -0.462 e. The number of rotatable bonds is 10. The van der Waals surface area contributed by atoms with Crippen molar-refractivity contribution >= 4 is 11.9 Å². The molecule has 0 N–H and O–H groups in total. The molecule has 1 rings (SSSR count). The second-order valence-electron chi connectivity index (χ2n) is 6.70. The van der Waals surface area contributed by atoms with E-state index in [0.717, 1.165) is 32.1 Å². The van der Waals surface area contributed by atoms with Crippen molar-refractivity contribution in [2.75, 3.05) is 6.61 Å². The number of carbonyl (C=O) groups is 2. The van der Waals surface area contributed by atoms with Gasteiger partial charge >= 0.3 is 11.9 Å². The Bertz CT molecular complexity index is 353. The first-order chi connectivity index (χ1) is 10.5. The van der Waals surface area contributed by atoms with E-state index in [4.69, 9.17) is 9.47 Å². The van der Waals surface area contributed by atoms with E-state index in [0.29, 0.717) is 0 Å². The van der Waals surface area contributed by atoms with Crippen LogP contribution >= 0.6 is 0 Å². The quantitative estimate of drug-likeness (QED) is 0.443. The highest BCUT2D eigenvalue weighted by Gasteiger charge is 2.41. The van der Waals surface area contributed by atoms with E-state index in [-0.39, 0.29) is 24.5 Å². The van der Waals surface area contributed by atoms with E-state index in [9.17, 15) is 9.59 Å². The lowest BCUT2D eigenvalue weighted by Crippen LogP contribution is -2.45. The van der Waals surface area contributed by atoms with E-state index >= 15 is 0 Å². The van der Waals surface area contributed by atoms with Gasteiger partial charge in [-0.15, -0.1) is 0 Å². The normalized spacial score (nSPS) is 24.9. The fourth-order valence-electron chi connectivity index (χ4n) is 2.95. The number of hydrogen-bond acceptors (Lipinski definition) is 4. The number of unbranched alkanes of at least 4 members (excludes halogenated alkanes) is 6. The van der Waals surface area contributed by atoms with Crippen LogP contribution in [0.3, 0.4) is 0 Å². The molecule has 1 fully saturated rings. The number of carbonyl (C=O) groups excluding carboxylic acids is 2. The molecule has 4 nitrogen and oxygen atoms in total. The Morgan fingerprint density at radius 1 is 1.23 bits per heavy atom. The van der Waals surface area contributed by atoms with Crippen molar-refractivity contribution in [1.29, 1.82) is 0 Å². The highest BCUT2D eigenvalue weighted by molar-refractivity contribution is 5.73. The first kappa shape index (κ1) is 19.0. The van der Waals surface area contributed by atoms with Crippen LogP contribution in [0.1, 0.15) is 85.0 Å². The summed E-state index contributed by atoms with van der Waals surface area (Å²) in [6, 6.07) is 0. The molecule has 2 atom stereocenters. The average Bonchev–Trinajstić information content (AvgIpc) is 2.48.